The van der Waals surface area contributed by atoms with Crippen LogP contribution in [0.5, 0.6) is 5.75 Å². The van der Waals surface area contributed by atoms with Crippen LogP contribution >= 0.6 is 0 Å². The van der Waals surface area contributed by atoms with Gasteiger partial charge in [0.15, 0.2) is 0 Å². The monoisotopic (exact) mass is 401 g/mol. The number of benzene rings is 3. The highest BCUT2D eigenvalue weighted by atomic mass is 16.5. The first-order chi connectivity index (χ1) is 14.7. The normalized spacial score (nSPS) is 12.2. The van der Waals surface area contributed by atoms with Gasteiger partial charge in [0.25, 0.3) is 5.91 Å². The Bertz CT molecular complexity index is 1060. The Hall–Kier alpha value is -3.80. The minimum atomic E-state index is -0.248. The van der Waals surface area contributed by atoms with Crippen LogP contribution < -0.4 is 20.3 Å². The van der Waals surface area contributed by atoms with E-state index < -0.39 is 0 Å². The molecule has 2 amide bonds. The van der Waals surface area contributed by atoms with Gasteiger partial charge in [0, 0.05) is 23.6 Å². The number of anilines is 3. The van der Waals surface area contributed by atoms with Crippen molar-refractivity contribution in [2.45, 2.75) is 6.42 Å². The summed E-state index contributed by atoms with van der Waals surface area (Å²) >= 11 is 0. The third-order valence-electron chi connectivity index (χ3n) is 5.14. The molecule has 0 radical (unpaired) electrons. The number of nitrogens with one attached hydrogen (secondary N) is 2. The Morgan fingerprint density at radius 1 is 0.967 bits per heavy atom. The van der Waals surface area contributed by atoms with Gasteiger partial charge in [-0.25, -0.2) is 0 Å². The molecule has 0 atom stereocenters. The molecule has 3 aromatic carbocycles. The van der Waals surface area contributed by atoms with Gasteiger partial charge in [-0.15, -0.1) is 0 Å². The van der Waals surface area contributed by atoms with E-state index in [0.717, 1.165) is 17.9 Å². The number of methoxy groups -OCH3 is 1. The highest BCUT2D eigenvalue weighted by Crippen LogP contribution is 2.27. The van der Waals surface area contributed by atoms with Crippen molar-refractivity contribution < 1.29 is 14.3 Å². The Kier molecular flexibility index (Phi) is 5.66. The lowest BCUT2D eigenvalue weighted by Gasteiger charge is -2.19. The zero-order chi connectivity index (χ0) is 20.9. The van der Waals surface area contributed by atoms with Gasteiger partial charge in [0.1, 0.15) is 5.75 Å². The molecular formula is C24H23N3O3. The molecule has 0 bridgehead atoms. The van der Waals surface area contributed by atoms with E-state index in [9.17, 15) is 9.59 Å². The van der Waals surface area contributed by atoms with Crippen LogP contribution in [0.3, 0.4) is 0 Å². The van der Waals surface area contributed by atoms with Gasteiger partial charge >= 0.3 is 0 Å². The van der Waals surface area contributed by atoms with Crippen molar-refractivity contribution in [3.63, 3.8) is 0 Å². The van der Waals surface area contributed by atoms with Crippen LogP contribution in [-0.4, -0.2) is 32.0 Å². The largest absolute Gasteiger partial charge is 0.497 e. The fourth-order valence-corrected chi connectivity index (χ4v) is 3.57. The number of carbonyl (C=O) groups excluding carboxylic acids is 2. The summed E-state index contributed by atoms with van der Waals surface area (Å²) < 4.78 is 5.14. The Morgan fingerprint density at radius 2 is 1.70 bits per heavy atom. The van der Waals surface area contributed by atoms with Crippen LogP contribution in [0.1, 0.15) is 15.9 Å². The summed E-state index contributed by atoms with van der Waals surface area (Å²) in [7, 11) is 1.59. The summed E-state index contributed by atoms with van der Waals surface area (Å²) in [5.74, 6) is 0.449. The van der Waals surface area contributed by atoms with E-state index in [1.54, 1.807) is 54.5 Å². The molecule has 30 heavy (non-hydrogen) atoms. The highest BCUT2D eigenvalue weighted by molar-refractivity contribution is 6.08. The van der Waals surface area contributed by atoms with Crippen molar-refractivity contribution in [1.82, 2.24) is 0 Å². The maximum absolute atomic E-state index is 12.8. The number of para-hydroxylation sites is 2. The van der Waals surface area contributed by atoms with Crippen LogP contribution in [0.4, 0.5) is 17.1 Å². The van der Waals surface area contributed by atoms with Gasteiger partial charge in [0.05, 0.1) is 19.2 Å². The molecule has 0 aliphatic carbocycles. The van der Waals surface area contributed by atoms with E-state index in [2.05, 4.69) is 16.7 Å². The number of fused-ring (bicyclic) bond motifs is 1. The smallest absolute Gasteiger partial charge is 0.257 e. The molecule has 2 N–H and O–H groups in total. The molecule has 6 nitrogen and oxygen atoms in total. The SMILES string of the molecule is COc1ccc(NC(=O)c2ccccc2NCC(=O)N2CCc3ccccc32)cc1. The number of amides is 2. The van der Waals surface area contributed by atoms with E-state index in [4.69, 9.17) is 4.74 Å². The van der Waals surface area contributed by atoms with Crippen molar-refractivity contribution in [3.8, 4) is 5.75 Å². The average molecular weight is 401 g/mol. The summed E-state index contributed by atoms with van der Waals surface area (Å²) in [5, 5.41) is 6.01. The Morgan fingerprint density at radius 3 is 2.50 bits per heavy atom. The molecule has 1 heterocycles. The lowest BCUT2D eigenvalue weighted by Crippen LogP contribution is -2.34. The predicted molar refractivity (Wildman–Crippen MR) is 118 cm³/mol. The zero-order valence-electron chi connectivity index (χ0n) is 16.7. The van der Waals surface area contributed by atoms with Gasteiger partial charge in [-0.05, 0) is 54.4 Å². The molecule has 1 aliphatic rings. The minimum absolute atomic E-state index is 0.0229. The third-order valence-corrected chi connectivity index (χ3v) is 5.14. The lowest BCUT2D eigenvalue weighted by atomic mass is 10.1. The molecule has 0 saturated heterocycles. The van der Waals surface area contributed by atoms with Crippen LogP contribution in [0, 0.1) is 0 Å². The second kappa shape index (κ2) is 8.69. The topological polar surface area (TPSA) is 70.7 Å². The molecule has 0 fully saturated rings. The van der Waals surface area contributed by atoms with Crippen molar-refractivity contribution in [3.05, 3.63) is 83.9 Å². The molecule has 0 spiro atoms. The average Bonchev–Trinajstić information content (AvgIpc) is 3.22. The maximum atomic E-state index is 12.8. The Labute approximate surface area is 175 Å². The second-order valence-corrected chi connectivity index (χ2v) is 7.01. The molecule has 3 aromatic rings. The summed E-state index contributed by atoms with van der Waals surface area (Å²) in [6.07, 6.45) is 0.864. The van der Waals surface area contributed by atoms with Crippen LogP contribution in [-0.2, 0) is 11.2 Å². The van der Waals surface area contributed by atoms with Crippen molar-refractivity contribution in [2.24, 2.45) is 0 Å². The van der Waals surface area contributed by atoms with Gasteiger partial charge in [-0.3, -0.25) is 9.59 Å². The maximum Gasteiger partial charge on any atom is 0.257 e. The quantitative estimate of drug-likeness (QED) is 0.656. The van der Waals surface area contributed by atoms with Gasteiger partial charge in [0.2, 0.25) is 5.91 Å². The molecule has 0 unspecified atom stereocenters. The fraction of sp³-hybridized carbons (Fsp3) is 0.167. The summed E-state index contributed by atoms with van der Waals surface area (Å²) in [5.41, 5.74) is 3.91. The zero-order valence-corrected chi connectivity index (χ0v) is 16.7. The first-order valence-electron chi connectivity index (χ1n) is 9.82. The third kappa shape index (κ3) is 4.12. The van der Waals surface area contributed by atoms with Crippen LogP contribution in [0.25, 0.3) is 0 Å². The minimum Gasteiger partial charge on any atom is -0.497 e. The first-order valence-corrected chi connectivity index (χ1v) is 9.82. The van der Waals surface area contributed by atoms with Crippen molar-refractivity contribution >= 4 is 28.9 Å². The number of hydrogen-bond acceptors (Lipinski definition) is 4. The molecule has 152 valence electrons. The van der Waals surface area contributed by atoms with E-state index in [1.807, 2.05) is 24.3 Å². The summed E-state index contributed by atoms with van der Waals surface area (Å²) in [6, 6.07) is 22.2. The van der Waals surface area contributed by atoms with Crippen LogP contribution in [0.2, 0.25) is 0 Å². The molecule has 6 heteroatoms. The van der Waals surface area contributed by atoms with Crippen LogP contribution in [0.15, 0.2) is 72.8 Å². The van der Waals surface area contributed by atoms with E-state index in [0.29, 0.717) is 23.5 Å². The van der Waals surface area contributed by atoms with E-state index in [-0.39, 0.29) is 18.4 Å². The number of carbonyl (C=O) groups is 2. The lowest BCUT2D eigenvalue weighted by molar-refractivity contribution is -0.116. The van der Waals surface area contributed by atoms with Gasteiger partial charge in [-0.1, -0.05) is 30.3 Å². The highest BCUT2D eigenvalue weighted by Gasteiger charge is 2.24. The summed E-state index contributed by atoms with van der Waals surface area (Å²) in [4.78, 5) is 27.3. The molecule has 0 saturated carbocycles. The van der Waals surface area contributed by atoms with Gasteiger partial charge in [-0.2, -0.15) is 0 Å². The number of ether oxygens (including phenoxy) is 1. The standard InChI is InChI=1S/C24H23N3O3/c1-30-19-12-10-18(11-13-19)26-24(29)20-7-3-4-8-21(20)25-16-23(28)27-15-14-17-6-2-5-9-22(17)27/h2-13,25H,14-16H2,1H3,(H,26,29). The van der Waals surface area contributed by atoms with E-state index >= 15 is 0 Å². The molecule has 1 aliphatic heterocycles. The Balaban J connectivity index is 1.43. The molecule has 0 aromatic heterocycles. The molecule has 4 rings (SSSR count). The predicted octanol–water partition coefficient (Wildman–Crippen LogP) is 3.95. The molecular weight excluding hydrogens is 378 g/mol. The van der Waals surface area contributed by atoms with Gasteiger partial charge < -0.3 is 20.3 Å². The number of rotatable bonds is 6. The number of hydrogen-bond donors (Lipinski definition) is 2. The number of nitrogens with zero attached hydrogens (tertiary/aromatic N) is 1. The van der Waals surface area contributed by atoms with Crippen molar-refractivity contribution in [2.75, 3.05) is 35.7 Å². The first kappa shape index (κ1) is 19.5. The van der Waals surface area contributed by atoms with Crippen molar-refractivity contribution in [1.29, 1.82) is 0 Å². The second-order valence-electron chi connectivity index (χ2n) is 7.01. The fourth-order valence-electron chi connectivity index (χ4n) is 3.57. The van der Waals surface area contributed by atoms with E-state index in [1.165, 1.54) is 5.56 Å². The summed E-state index contributed by atoms with van der Waals surface area (Å²) in [6.45, 7) is 0.792.